The number of carbonyl (C=O) groups is 1. The minimum Gasteiger partial charge on any atom is -0.507 e. The van der Waals surface area contributed by atoms with Crippen LogP contribution >= 0.6 is 0 Å². The summed E-state index contributed by atoms with van der Waals surface area (Å²) in [4.78, 5) is 16.8. The van der Waals surface area contributed by atoms with E-state index in [9.17, 15) is 9.90 Å². The average molecular weight is 324 g/mol. The highest BCUT2D eigenvalue weighted by Gasteiger charge is 2.17. The first-order valence-electron chi connectivity index (χ1n) is 7.35. The molecule has 2 aromatic heterocycles. The van der Waals surface area contributed by atoms with E-state index < -0.39 is 5.91 Å². The molecule has 3 rings (SSSR count). The standard InChI is InChI=1S/C16H16N6O2/c1-10-4-3-7-17-15(10)11(2)19-16(24)13-8-12(5-6-14(13)23)22-9-18-20-21-22/h3-9,11,23H,1-2H3,(H,19,24). The predicted octanol–water partition coefficient (Wildman–Crippen LogP) is 1.56. The summed E-state index contributed by atoms with van der Waals surface area (Å²) in [7, 11) is 0. The van der Waals surface area contributed by atoms with Gasteiger partial charge in [-0.15, -0.1) is 5.10 Å². The quantitative estimate of drug-likeness (QED) is 0.754. The molecular weight excluding hydrogens is 308 g/mol. The third kappa shape index (κ3) is 3.07. The number of aromatic nitrogens is 5. The SMILES string of the molecule is Cc1cccnc1C(C)NC(=O)c1cc(-n2cnnn2)ccc1O. The number of nitrogens with one attached hydrogen (secondary N) is 1. The number of nitrogens with zero attached hydrogens (tertiary/aromatic N) is 5. The van der Waals surface area contributed by atoms with Gasteiger partial charge in [-0.3, -0.25) is 9.78 Å². The molecule has 0 saturated heterocycles. The molecular formula is C16H16N6O2. The highest BCUT2D eigenvalue weighted by molar-refractivity contribution is 5.97. The van der Waals surface area contributed by atoms with Gasteiger partial charge in [-0.1, -0.05) is 6.07 Å². The maximum absolute atomic E-state index is 12.5. The number of phenolic OH excluding ortho intramolecular Hbond substituents is 1. The Bertz CT molecular complexity index is 863. The molecule has 2 heterocycles. The lowest BCUT2D eigenvalue weighted by atomic mass is 10.1. The fourth-order valence-electron chi connectivity index (χ4n) is 2.42. The summed E-state index contributed by atoms with van der Waals surface area (Å²) in [5.41, 5.74) is 2.48. The van der Waals surface area contributed by atoms with Crippen molar-refractivity contribution in [2.75, 3.05) is 0 Å². The van der Waals surface area contributed by atoms with Crippen LogP contribution in [0.5, 0.6) is 5.75 Å². The van der Waals surface area contributed by atoms with Crippen LogP contribution in [0.4, 0.5) is 0 Å². The Hall–Kier alpha value is -3.29. The molecule has 0 bridgehead atoms. The van der Waals surface area contributed by atoms with Crippen LogP contribution in [0.25, 0.3) is 5.69 Å². The number of rotatable bonds is 4. The van der Waals surface area contributed by atoms with Crippen LogP contribution in [0, 0.1) is 6.92 Å². The molecule has 122 valence electrons. The second kappa shape index (κ2) is 6.45. The number of pyridine rings is 1. The summed E-state index contributed by atoms with van der Waals surface area (Å²) in [5.74, 6) is -0.519. The minimum atomic E-state index is -0.403. The number of benzene rings is 1. The van der Waals surface area contributed by atoms with Gasteiger partial charge in [0.1, 0.15) is 12.1 Å². The van der Waals surface area contributed by atoms with Gasteiger partial charge in [0.15, 0.2) is 0 Å². The third-order valence-electron chi connectivity index (χ3n) is 3.65. The fourth-order valence-corrected chi connectivity index (χ4v) is 2.42. The zero-order chi connectivity index (χ0) is 17.1. The van der Waals surface area contributed by atoms with Crippen molar-refractivity contribution in [2.45, 2.75) is 19.9 Å². The largest absolute Gasteiger partial charge is 0.507 e. The van der Waals surface area contributed by atoms with Crippen molar-refractivity contribution in [1.29, 1.82) is 0 Å². The number of aromatic hydroxyl groups is 1. The van der Waals surface area contributed by atoms with Crippen molar-refractivity contribution >= 4 is 5.91 Å². The van der Waals surface area contributed by atoms with Gasteiger partial charge in [0.2, 0.25) is 0 Å². The Morgan fingerprint density at radius 2 is 2.17 bits per heavy atom. The second-order valence-corrected chi connectivity index (χ2v) is 5.36. The molecule has 0 aliphatic heterocycles. The highest BCUT2D eigenvalue weighted by atomic mass is 16.3. The highest BCUT2D eigenvalue weighted by Crippen LogP contribution is 2.22. The summed E-state index contributed by atoms with van der Waals surface area (Å²) >= 11 is 0. The normalized spacial score (nSPS) is 11.9. The third-order valence-corrected chi connectivity index (χ3v) is 3.65. The second-order valence-electron chi connectivity index (χ2n) is 5.36. The zero-order valence-electron chi connectivity index (χ0n) is 13.2. The summed E-state index contributed by atoms with van der Waals surface area (Å²) in [6.45, 7) is 3.77. The molecule has 0 aliphatic rings. The van der Waals surface area contributed by atoms with Gasteiger partial charge < -0.3 is 10.4 Å². The van der Waals surface area contributed by atoms with Gasteiger partial charge in [-0.2, -0.15) is 0 Å². The van der Waals surface area contributed by atoms with E-state index in [-0.39, 0.29) is 17.4 Å². The Labute approximate surface area is 138 Å². The van der Waals surface area contributed by atoms with E-state index in [1.807, 2.05) is 26.0 Å². The van der Waals surface area contributed by atoms with E-state index >= 15 is 0 Å². The molecule has 8 nitrogen and oxygen atoms in total. The van der Waals surface area contributed by atoms with E-state index in [4.69, 9.17) is 0 Å². The van der Waals surface area contributed by atoms with E-state index in [0.29, 0.717) is 5.69 Å². The molecule has 1 aromatic carbocycles. The topological polar surface area (TPSA) is 106 Å². The van der Waals surface area contributed by atoms with Crippen LogP contribution in [0.1, 0.15) is 34.6 Å². The predicted molar refractivity (Wildman–Crippen MR) is 85.7 cm³/mol. The van der Waals surface area contributed by atoms with E-state index in [1.165, 1.54) is 23.1 Å². The molecule has 1 atom stereocenters. The molecule has 0 fully saturated rings. The lowest BCUT2D eigenvalue weighted by Gasteiger charge is -2.16. The molecule has 3 aromatic rings. The Morgan fingerprint density at radius 3 is 2.88 bits per heavy atom. The maximum atomic E-state index is 12.5. The van der Waals surface area contributed by atoms with Gasteiger partial charge in [0.05, 0.1) is 23.0 Å². The summed E-state index contributed by atoms with van der Waals surface area (Å²) in [6.07, 6.45) is 3.09. The first-order valence-corrected chi connectivity index (χ1v) is 7.35. The van der Waals surface area contributed by atoms with E-state index in [1.54, 1.807) is 12.3 Å². The van der Waals surface area contributed by atoms with E-state index in [0.717, 1.165) is 11.3 Å². The van der Waals surface area contributed by atoms with Crippen molar-refractivity contribution in [3.8, 4) is 11.4 Å². The smallest absolute Gasteiger partial charge is 0.255 e. The summed E-state index contributed by atoms with van der Waals surface area (Å²) < 4.78 is 1.41. The van der Waals surface area contributed by atoms with Gasteiger partial charge in [-0.25, -0.2) is 4.68 Å². The fraction of sp³-hybridized carbons (Fsp3) is 0.188. The number of tetrazole rings is 1. The number of aryl methyl sites for hydroxylation is 1. The number of hydrogen-bond donors (Lipinski definition) is 2. The maximum Gasteiger partial charge on any atom is 0.255 e. The van der Waals surface area contributed by atoms with Crippen molar-refractivity contribution in [1.82, 2.24) is 30.5 Å². The first kappa shape index (κ1) is 15.6. The Balaban J connectivity index is 1.85. The lowest BCUT2D eigenvalue weighted by Crippen LogP contribution is -2.28. The van der Waals surface area contributed by atoms with E-state index in [2.05, 4.69) is 25.8 Å². The Kier molecular flexibility index (Phi) is 4.19. The number of carbonyl (C=O) groups excluding carboxylic acids is 1. The molecule has 0 aliphatic carbocycles. The van der Waals surface area contributed by atoms with Crippen LogP contribution < -0.4 is 5.32 Å². The zero-order valence-corrected chi connectivity index (χ0v) is 13.2. The van der Waals surface area contributed by atoms with Crippen LogP contribution in [0.3, 0.4) is 0 Å². The van der Waals surface area contributed by atoms with Gasteiger partial charge >= 0.3 is 0 Å². The molecule has 1 amide bonds. The molecule has 0 saturated carbocycles. The van der Waals surface area contributed by atoms with Crippen LogP contribution in [-0.2, 0) is 0 Å². The molecule has 8 heteroatoms. The van der Waals surface area contributed by atoms with Crippen LogP contribution in [0.15, 0.2) is 42.9 Å². The molecule has 1 unspecified atom stereocenters. The van der Waals surface area contributed by atoms with Gasteiger partial charge in [0, 0.05) is 6.20 Å². The lowest BCUT2D eigenvalue weighted by molar-refractivity contribution is 0.0936. The number of phenols is 1. The average Bonchev–Trinajstić information content (AvgIpc) is 3.10. The van der Waals surface area contributed by atoms with Gasteiger partial charge in [-0.05, 0) is 54.1 Å². The molecule has 24 heavy (non-hydrogen) atoms. The number of hydrogen-bond acceptors (Lipinski definition) is 6. The van der Waals surface area contributed by atoms with Crippen LogP contribution in [-0.4, -0.2) is 36.2 Å². The van der Waals surface area contributed by atoms with Gasteiger partial charge in [0.25, 0.3) is 5.91 Å². The van der Waals surface area contributed by atoms with Crippen molar-refractivity contribution < 1.29 is 9.90 Å². The minimum absolute atomic E-state index is 0.116. The van der Waals surface area contributed by atoms with Crippen LogP contribution in [0.2, 0.25) is 0 Å². The molecule has 2 N–H and O–H groups in total. The Morgan fingerprint density at radius 1 is 1.33 bits per heavy atom. The monoisotopic (exact) mass is 324 g/mol. The molecule has 0 spiro atoms. The molecule has 0 radical (unpaired) electrons. The summed E-state index contributed by atoms with van der Waals surface area (Å²) in [5, 5.41) is 23.7. The number of amides is 1. The first-order chi connectivity index (χ1) is 11.6. The van der Waals surface area contributed by atoms with Crippen molar-refractivity contribution in [2.24, 2.45) is 0 Å². The van der Waals surface area contributed by atoms with Crippen molar-refractivity contribution in [3.63, 3.8) is 0 Å². The summed E-state index contributed by atoms with van der Waals surface area (Å²) in [6, 6.07) is 8.06. The van der Waals surface area contributed by atoms with Crippen molar-refractivity contribution in [3.05, 3.63) is 59.7 Å².